The summed E-state index contributed by atoms with van der Waals surface area (Å²) in [6.45, 7) is -1.04. The second kappa shape index (κ2) is 7.38. The number of halogens is 3. The van der Waals surface area contributed by atoms with Crippen molar-refractivity contribution in [2.24, 2.45) is 0 Å². The fourth-order valence-electron chi connectivity index (χ4n) is 3.19. The van der Waals surface area contributed by atoms with Crippen molar-refractivity contribution in [3.63, 3.8) is 0 Å². The van der Waals surface area contributed by atoms with E-state index in [4.69, 9.17) is 10.5 Å². The maximum absolute atomic E-state index is 13.9. The smallest absolute Gasteiger partial charge is 0.424 e. The number of benzene rings is 3. The number of hydrogen-bond acceptors (Lipinski definition) is 4. The lowest BCUT2D eigenvalue weighted by molar-refractivity contribution is -0.275. The minimum Gasteiger partial charge on any atom is -0.488 e. The van der Waals surface area contributed by atoms with E-state index >= 15 is 0 Å². The normalized spacial score (nSPS) is 13.9. The van der Waals surface area contributed by atoms with E-state index in [0.717, 1.165) is 5.69 Å². The van der Waals surface area contributed by atoms with Crippen molar-refractivity contribution in [1.29, 1.82) is 0 Å². The molecule has 154 valence electrons. The average molecular weight is 413 g/mol. The van der Waals surface area contributed by atoms with E-state index in [1.807, 2.05) is 30.3 Å². The second-order valence-electron chi connectivity index (χ2n) is 6.85. The Morgan fingerprint density at radius 1 is 0.967 bits per heavy atom. The van der Waals surface area contributed by atoms with Crippen LogP contribution < -0.4 is 10.5 Å². The number of hydrogen-bond donors (Lipinski definition) is 2. The van der Waals surface area contributed by atoms with Gasteiger partial charge in [0.15, 0.2) is 0 Å². The van der Waals surface area contributed by atoms with Crippen LogP contribution in [-0.2, 0) is 5.60 Å². The molecule has 0 radical (unpaired) electrons. The standard InChI is InChI=1S/C22H18F3N3O2/c23-22(24,25)21(29,14-30-20-9-5-4-8-18(20)26)16-10-11-19-15(12-16)13-27-28(19)17-6-2-1-3-7-17/h1-13,29H,14,26H2. The predicted octanol–water partition coefficient (Wildman–Crippen LogP) is 4.44. The monoisotopic (exact) mass is 413 g/mol. The average Bonchev–Trinajstić information content (AvgIpc) is 3.16. The molecule has 3 N–H and O–H groups in total. The molecule has 1 aromatic heterocycles. The molecule has 0 aliphatic rings. The van der Waals surface area contributed by atoms with Gasteiger partial charge in [0.2, 0.25) is 5.60 Å². The molecule has 0 bridgehead atoms. The lowest BCUT2D eigenvalue weighted by Gasteiger charge is -2.31. The highest BCUT2D eigenvalue weighted by molar-refractivity contribution is 5.81. The van der Waals surface area contributed by atoms with Crippen LogP contribution in [-0.4, -0.2) is 27.7 Å². The highest BCUT2D eigenvalue weighted by atomic mass is 19.4. The lowest BCUT2D eigenvalue weighted by Crippen LogP contribution is -2.47. The Bertz CT molecular complexity index is 1180. The number of para-hydroxylation sites is 3. The number of nitrogen functional groups attached to an aromatic ring is 1. The molecule has 5 nitrogen and oxygen atoms in total. The third kappa shape index (κ3) is 3.46. The minimum absolute atomic E-state index is 0.0677. The Morgan fingerprint density at radius 2 is 1.67 bits per heavy atom. The number of anilines is 1. The number of alkyl halides is 3. The number of aliphatic hydroxyl groups is 1. The first kappa shape index (κ1) is 19.8. The molecule has 8 heteroatoms. The summed E-state index contributed by atoms with van der Waals surface area (Å²) in [4.78, 5) is 0. The van der Waals surface area contributed by atoms with Crippen LogP contribution in [0.4, 0.5) is 18.9 Å². The summed E-state index contributed by atoms with van der Waals surface area (Å²) in [6.07, 6.45) is -3.52. The molecule has 4 aromatic rings. The van der Waals surface area contributed by atoms with Crippen LogP contribution in [0.25, 0.3) is 16.6 Å². The van der Waals surface area contributed by atoms with Gasteiger partial charge in [-0.3, -0.25) is 0 Å². The van der Waals surface area contributed by atoms with Crippen LogP contribution in [0.3, 0.4) is 0 Å². The van der Waals surface area contributed by atoms with Gasteiger partial charge in [-0.05, 0) is 42.0 Å². The molecule has 0 amide bonds. The molecule has 4 rings (SSSR count). The molecular formula is C22H18F3N3O2. The summed E-state index contributed by atoms with van der Waals surface area (Å²) in [5, 5.41) is 15.4. The zero-order valence-corrected chi connectivity index (χ0v) is 15.7. The molecule has 0 fully saturated rings. The third-order valence-electron chi connectivity index (χ3n) is 4.87. The molecule has 1 unspecified atom stereocenters. The Kier molecular flexibility index (Phi) is 4.87. The van der Waals surface area contributed by atoms with Crippen LogP contribution in [0.5, 0.6) is 5.75 Å². The van der Waals surface area contributed by atoms with Crippen molar-refractivity contribution < 1.29 is 23.0 Å². The number of ether oxygens (including phenoxy) is 1. The highest BCUT2D eigenvalue weighted by Gasteiger charge is 2.56. The molecular weight excluding hydrogens is 395 g/mol. The number of fused-ring (bicyclic) bond motifs is 1. The topological polar surface area (TPSA) is 73.3 Å². The van der Waals surface area contributed by atoms with E-state index in [9.17, 15) is 18.3 Å². The van der Waals surface area contributed by atoms with Crippen molar-refractivity contribution in [3.8, 4) is 11.4 Å². The van der Waals surface area contributed by atoms with E-state index in [1.54, 1.807) is 16.8 Å². The molecule has 0 saturated carbocycles. The highest BCUT2D eigenvalue weighted by Crippen LogP contribution is 2.41. The SMILES string of the molecule is Nc1ccccc1OCC(O)(c1ccc2c(cnn2-c2ccccc2)c1)C(F)(F)F. The molecule has 3 aromatic carbocycles. The van der Waals surface area contributed by atoms with E-state index in [1.165, 1.54) is 36.5 Å². The molecule has 1 atom stereocenters. The predicted molar refractivity (Wildman–Crippen MR) is 107 cm³/mol. The zero-order valence-electron chi connectivity index (χ0n) is 15.7. The van der Waals surface area contributed by atoms with Crippen LogP contribution in [0.1, 0.15) is 5.56 Å². The van der Waals surface area contributed by atoms with Crippen molar-refractivity contribution in [1.82, 2.24) is 9.78 Å². The quantitative estimate of drug-likeness (QED) is 0.475. The summed E-state index contributed by atoms with van der Waals surface area (Å²) in [6, 6.07) is 19.4. The Hall–Kier alpha value is -3.52. The van der Waals surface area contributed by atoms with Gasteiger partial charge in [-0.25, -0.2) is 4.68 Å². The van der Waals surface area contributed by atoms with E-state index in [0.29, 0.717) is 10.9 Å². The Labute approximate surface area is 170 Å². The van der Waals surface area contributed by atoms with Crippen molar-refractivity contribution in [2.75, 3.05) is 12.3 Å². The summed E-state index contributed by atoms with van der Waals surface area (Å²) in [5.74, 6) is 0.0677. The number of rotatable bonds is 5. The maximum Gasteiger partial charge on any atom is 0.424 e. The summed E-state index contributed by atoms with van der Waals surface area (Å²) >= 11 is 0. The molecule has 0 aliphatic heterocycles. The van der Waals surface area contributed by atoms with Crippen molar-refractivity contribution in [3.05, 3.63) is 84.6 Å². The van der Waals surface area contributed by atoms with Gasteiger partial charge < -0.3 is 15.6 Å². The Morgan fingerprint density at radius 3 is 2.37 bits per heavy atom. The first-order chi connectivity index (χ1) is 14.3. The third-order valence-corrected chi connectivity index (χ3v) is 4.87. The van der Waals surface area contributed by atoms with E-state index in [2.05, 4.69) is 5.10 Å². The van der Waals surface area contributed by atoms with Crippen LogP contribution in [0.15, 0.2) is 79.0 Å². The molecule has 1 heterocycles. The fourth-order valence-corrected chi connectivity index (χ4v) is 3.19. The summed E-state index contributed by atoms with van der Waals surface area (Å²) in [7, 11) is 0. The number of nitrogens with zero attached hydrogens (tertiary/aromatic N) is 2. The van der Waals surface area contributed by atoms with Crippen LogP contribution >= 0.6 is 0 Å². The molecule has 0 aliphatic carbocycles. The van der Waals surface area contributed by atoms with Gasteiger partial charge in [-0.15, -0.1) is 0 Å². The number of aromatic nitrogens is 2. The fraction of sp³-hybridized carbons (Fsp3) is 0.136. The van der Waals surface area contributed by atoms with Gasteiger partial charge in [-0.2, -0.15) is 18.3 Å². The largest absolute Gasteiger partial charge is 0.488 e. The van der Waals surface area contributed by atoms with E-state index in [-0.39, 0.29) is 17.0 Å². The van der Waals surface area contributed by atoms with E-state index < -0.39 is 18.4 Å². The minimum atomic E-state index is -4.97. The first-order valence-corrected chi connectivity index (χ1v) is 9.10. The Balaban J connectivity index is 1.71. The van der Waals surface area contributed by atoms with Gasteiger partial charge in [0.25, 0.3) is 0 Å². The lowest BCUT2D eigenvalue weighted by atomic mass is 9.93. The second-order valence-corrected chi connectivity index (χ2v) is 6.85. The van der Waals surface area contributed by atoms with Crippen molar-refractivity contribution >= 4 is 16.6 Å². The van der Waals surface area contributed by atoms with Crippen LogP contribution in [0, 0.1) is 0 Å². The van der Waals surface area contributed by atoms with Gasteiger partial charge in [0, 0.05) is 5.39 Å². The molecule has 30 heavy (non-hydrogen) atoms. The van der Waals surface area contributed by atoms with Gasteiger partial charge in [-0.1, -0.05) is 36.4 Å². The first-order valence-electron chi connectivity index (χ1n) is 9.10. The van der Waals surface area contributed by atoms with Gasteiger partial charge in [0.1, 0.15) is 12.4 Å². The number of nitrogens with two attached hydrogens (primary N) is 1. The van der Waals surface area contributed by atoms with Gasteiger partial charge in [0.05, 0.1) is 23.1 Å². The molecule has 0 saturated heterocycles. The van der Waals surface area contributed by atoms with Crippen molar-refractivity contribution in [2.45, 2.75) is 11.8 Å². The van der Waals surface area contributed by atoms with Gasteiger partial charge >= 0.3 is 6.18 Å². The van der Waals surface area contributed by atoms with Crippen LogP contribution in [0.2, 0.25) is 0 Å². The summed E-state index contributed by atoms with van der Waals surface area (Å²) in [5.41, 5.74) is 3.73. The maximum atomic E-state index is 13.9. The zero-order chi connectivity index (χ0) is 21.4. The molecule has 0 spiro atoms. The summed E-state index contributed by atoms with van der Waals surface area (Å²) < 4.78 is 48.5.